The molecule has 12 N–H and O–H groups in total. The van der Waals surface area contributed by atoms with Crippen LogP contribution in [0.5, 0.6) is 0 Å². The molecule has 9 aliphatic rings. The number of aliphatic carboxylic acids is 1. The van der Waals surface area contributed by atoms with E-state index in [0.29, 0.717) is 32.1 Å². The number of rotatable bonds is 12. The van der Waals surface area contributed by atoms with Gasteiger partial charge in [-0.25, -0.2) is 4.79 Å². The van der Waals surface area contributed by atoms with Crippen LogP contribution < -0.4 is 0 Å². The zero-order valence-corrected chi connectivity index (χ0v) is 43.4. The number of carboxylic acid groups (broad SMARTS) is 1. The van der Waals surface area contributed by atoms with Crippen molar-refractivity contribution in [2.24, 2.45) is 50.2 Å². The summed E-state index contributed by atoms with van der Waals surface area (Å²) in [7, 11) is 0. The molecule has 4 saturated heterocycles. The smallest absolute Gasteiger partial charge is 0.335 e. The summed E-state index contributed by atoms with van der Waals surface area (Å²) in [5, 5.41) is 127. The Hall–Kier alpha value is -2.04. The molecule has 22 heteroatoms. The number of fused-ring (bicyclic) bond motifs is 7. The van der Waals surface area contributed by atoms with E-state index in [1.807, 2.05) is 0 Å². The average molecular weight is 1060 g/mol. The monoisotopic (exact) mass is 1060 g/mol. The first-order valence-electron chi connectivity index (χ1n) is 26.6. The lowest BCUT2D eigenvalue weighted by Gasteiger charge is -2.71. The minimum absolute atomic E-state index is 0.0557. The number of carboxylic acids is 1. The van der Waals surface area contributed by atoms with Crippen LogP contribution in [0.3, 0.4) is 0 Å². The SMILES string of the molecule is CC1(C)CCC2(C(=O)OC3OC(CO)C(O)C(O)C3O)CCC3(C)C(=CCC4C5(C)CCC(OC6OC(C(=O)O)C(OC7OC(CO)C(O)C7O)C(OC7OC(CO)C(O)C7O)C6O)C(C)(C)C5CCC43C)C2C1. The van der Waals surface area contributed by atoms with Crippen LogP contribution in [0.2, 0.25) is 0 Å². The van der Waals surface area contributed by atoms with Crippen molar-refractivity contribution in [3.8, 4) is 0 Å². The Morgan fingerprint density at radius 2 is 1.11 bits per heavy atom. The van der Waals surface area contributed by atoms with E-state index in [9.17, 15) is 70.9 Å². The van der Waals surface area contributed by atoms with E-state index in [1.54, 1.807) is 0 Å². The minimum atomic E-state index is -1.97. The largest absolute Gasteiger partial charge is 0.479 e. The maximum absolute atomic E-state index is 14.7. The fourth-order valence-electron chi connectivity index (χ4n) is 16.1. The van der Waals surface area contributed by atoms with Gasteiger partial charge in [0.05, 0.1) is 31.3 Å². The number of aliphatic hydroxyl groups excluding tert-OH is 11. The Balaban J connectivity index is 0.964. The lowest BCUT2D eigenvalue weighted by atomic mass is 9.33. The maximum Gasteiger partial charge on any atom is 0.335 e. The molecule has 0 radical (unpaired) electrons. The number of allylic oxidation sites excluding steroid dienone is 2. The highest BCUT2D eigenvalue weighted by Crippen LogP contribution is 2.76. The number of carbonyl (C=O) groups excluding carboxylic acids is 1. The number of hydrogen-bond acceptors (Lipinski definition) is 21. The third kappa shape index (κ3) is 8.94. The van der Waals surface area contributed by atoms with E-state index in [-0.39, 0.29) is 39.4 Å². The van der Waals surface area contributed by atoms with E-state index >= 15 is 0 Å². The normalized spacial score (nSPS) is 52.7. The van der Waals surface area contributed by atoms with Crippen molar-refractivity contribution >= 4 is 11.9 Å². The topological polar surface area (TPSA) is 351 Å². The molecule has 4 aliphatic heterocycles. The molecule has 9 rings (SSSR count). The van der Waals surface area contributed by atoms with Crippen molar-refractivity contribution < 1.29 is 109 Å². The van der Waals surface area contributed by atoms with Gasteiger partial charge in [0, 0.05) is 0 Å². The molecular weight excluding hydrogens is 977 g/mol. The van der Waals surface area contributed by atoms with Crippen LogP contribution in [-0.4, -0.2) is 210 Å². The van der Waals surface area contributed by atoms with Crippen LogP contribution in [0.15, 0.2) is 11.6 Å². The highest BCUT2D eigenvalue weighted by atomic mass is 16.8. The van der Waals surface area contributed by atoms with Gasteiger partial charge >= 0.3 is 11.9 Å². The van der Waals surface area contributed by atoms with Gasteiger partial charge in [-0.1, -0.05) is 60.1 Å². The first-order valence-corrected chi connectivity index (χ1v) is 26.6. The van der Waals surface area contributed by atoms with Crippen molar-refractivity contribution in [3.63, 3.8) is 0 Å². The summed E-state index contributed by atoms with van der Waals surface area (Å²) in [5.74, 6) is -2.05. The molecule has 22 nitrogen and oxygen atoms in total. The van der Waals surface area contributed by atoms with Gasteiger partial charge in [0.15, 0.2) is 25.0 Å². The van der Waals surface area contributed by atoms with Gasteiger partial charge in [-0.2, -0.15) is 0 Å². The van der Waals surface area contributed by atoms with Gasteiger partial charge in [0.1, 0.15) is 79.4 Å². The fraction of sp³-hybridized carbons (Fsp3) is 0.923. The Morgan fingerprint density at radius 1 is 0.581 bits per heavy atom. The zero-order chi connectivity index (χ0) is 54.0. The van der Waals surface area contributed by atoms with E-state index in [1.165, 1.54) is 5.57 Å². The second kappa shape index (κ2) is 20.3. The molecule has 0 aromatic heterocycles. The summed E-state index contributed by atoms with van der Waals surface area (Å²) in [4.78, 5) is 27.8. The number of esters is 1. The fourth-order valence-corrected chi connectivity index (χ4v) is 16.1. The van der Waals surface area contributed by atoms with Gasteiger partial charge in [0.2, 0.25) is 6.29 Å². The first kappa shape index (κ1) is 56.7. The molecule has 8 fully saturated rings. The molecule has 0 aromatic carbocycles. The number of ether oxygens (including phenoxy) is 8. The summed E-state index contributed by atoms with van der Waals surface area (Å²) >= 11 is 0. The Kier molecular flexibility index (Phi) is 15.5. The third-order valence-electron chi connectivity index (χ3n) is 20.7. The molecule has 5 aliphatic carbocycles. The summed E-state index contributed by atoms with van der Waals surface area (Å²) in [5.41, 5.74) is -1.20. The van der Waals surface area contributed by atoms with Crippen molar-refractivity contribution in [1.29, 1.82) is 0 Å². The molecule has 0 amide bonds. The third-order valence-corrected chi connectivity index (χ3v) is 20.7. The molecule has 0 spiro atoms. The zero-order valence-electron chi connectivity index (χ0n) is 43.4. The predicted molar refractivity (Wildman–Crippen MR) is 251 cm³/mol. The van der Waals surface area contributed by atoms with E-state index in [2.05, 4.69) is 54.5 Å². The molecular formula is C52H82O22. The molecule has 0 aromatic rings. The van der Waals surface area contributed by atoms with Crippen LogP contribution in [0.4, 0.5) is 0 Å². The van der Waals surface area contributed by atoms with Crippen LogP contribution >= 0.6 is 0 Å². The Morgan fingerprint density at radius 3 is 1.69 bits per heavy atom. The highest BCUT2D eigenvalue weighted by Gasteiger charge is 2.70. The van der Waals surface area contributed by atoms with E-state index in [0.717, 1.165) is 32.1 Å². The van der Waals surface area contributed by atoms with Crippen molar-refractivity contribution in [1.82, 2.24) is 0 Å². The predicted octanol–water partition coefficient (Wildman–Crippen LogP) is -0.665. The summed E-state index contributed by atoms with van der Waals surface area (Å²) in [6, 6.07) is 0. The van der Waals surface area contributed by atoms with Crippen LogP contribution in [0, 0.1) is 50.2 Å². The molecule has 4 heterocycles. The number of hydrogen-bond donors (Lipinski definition) is 12. The maximum atomic E-state index is 14.7. The second-order valence-corrected chi connectivity index (χ2v) is 25.3. The van der Waals surface area contributed by atoms with Gasteiger partial charge in [-0.05, 0) is 109 Å². The van der Waals surface area contributed by atoms with Gasteiger partial charge in [-0.15, -0.1) is 0 Å². The lowest BCUT2D eigenvalue weighted by molar-refractivity contribution is -0.360. The Bertz CT molecular complexity index is 2090. The number of carbonyl (C=O) groups is 2. The quantitative estimate of drug-likeness (QED) is 0.0655. The van der Waals surface area contributed by atoms with Gasteiger partial charge < -0.3 is 99.2 Å². The first-order chi connectivity index (χ1) is 34.6. The van der Waals surface area contributed by atoms with Crippen LogP contribution in [0.25, 0.3) is 0 Å². The summed E-state index contributed by atoms with van der Waals surface area (Å²) in [6.45, 7) is 13.7. The summed E-state index contributed by atoms with van der Waals surface area (Å²) < 4.78 is 47.5. The van der Waals surface area contributed by atoms with Crippen LogP contribution in [0.1, 0.15) is 113 Å². The molecule has 4 saturated carbocycles. The summed E-state index contributed by atoms with van der Waals surface area (Å²) in [6.07, 6.45) is -21.1. The average Bonchev–Trinajstić information content (AvgIpc) is 3.78. The molecule has 422 valence electrons. The molecule has 0 bridgehead atoms. The second-order valence-electron chi connectivity index (χ2n) is 25.3. The van der Waals surface area contributed by atoms with E-state index in [4.69, 9.17) is 37.9 Å². The molecule has 26 atom stereocenters. The van der Waals surface area contributed by atoms with Crippen molar-refractivity contribution in [3.05, 3.63) is 11.6 Å². The van der Waals surface area contributed by atoms with Crippen LogP contribution in [-0.2, 0) is 47.5 Å². The highest BCUT2D eigenvalue weighted by molar-refractivity contribution is 5.79. The minimum Gasteiger partial charge on any atom is -0.479 e. The van der Waals surface area contributed by atoms with Crippen molar-refractivity contribution in [2.45, 2.75) is 229 Å². The van der Waals surface area contributed by atoms with Gasteiger partial charge in [-0.3, -0.25) is 4.79 Å². The molecule has 74 heavy (non-hydrogen) atoms. The van der Waals surface area contributed by atoms with Gasteiger partial charge in [0.25, 0.3) is 0 Å². The lowest BCUT2D eigenvalue weighted by Crippen LogP contribution is -2.67. The molecule has 26 unspecified atom stereocenters. The Labute approximate surface area is 430 Å². The van der Waals surface area contributed by atoms with E-state index < -0.39 is 159 Å². The van der Waals surface area contributed by atoms with Crippen molar-refractivity contribution in [2.75, 3.05) is 19.8 Å². The standard InChI is InChI=1S/C52H82O22/c1-47(2)14-16-52(46(66)74-44-36(62)33(59)30(56)24(19-53)69-44)17-15-50(6)22(23(52)18-47)8-9-28-49(5)12-11-29(48(3,4)27(49)10-13-51(28,50)7)70-45-37(63)38(71-42-34(60)31(57)25(20-54)67-42)39(40(73-45)41(64)65)72-43-35(61)32(58)26(21-55)68-43/h8,23-40,42-45,53-63H,9-21H2,1-7H3,(H,64,65). The number of aliphatic hydroxyl groups is 11.